The van der Waals surface area contributed by atoms with Gasteiger partial charge >= 0.3 is 12.1 Å². The quantitative estimate of drug-likeness (QED) is 0.0847. The molecule has 5 N–H and O–H groups in total. The molecular formula is C55H66N8O8. The number of hydrogen-bond acceptors (Lipinski definition) is 8. The number of nitrogens with one attached hydrogen (secondary N) is 4. The maximum absolute atomic E-state index is 14.8. The first-order valence-corrected chi connectivity index (χ1v) is 24.5. The first-order chi connectivity index (χ1) is 34.0. The fraction of sp³-hybridized carbons (Fsp3) is 0.418. The minimum absolute atomic E-state index is 0.0182. The van der Waals surface area contributed by atoms with Gasteiger partial charge in [-0.05, 0) is 96.0 Å². The number of aromatic nitrogens is 1. The van der Waals surface area contributed by atoms with E-state index >= 15 is 0 Å². The first kappa shape index (κ1) is 50.4. The topological polar surface area (TPSA) is 195 Å². The number of fused-ring (bicyclic) bond motifs is 3. The average Bonchev–Trinajstić information content (AvgIpc) is 4.00. The molecule has 4 aromatic carbocycles. The van der Waals surface area contributed by atoms with Crippen LogP contribution >= 0.6 is 0 Å². The third kappa shape index (κ3) is 11.1. The molecule has 8 rings (SSSR count). The van der Waals surface area contributed by atoms with Gasteiger partial charge < -0.3 is 40.9 Å². The number of hydrogen-bond donors (Lipinski definition) is 5. The van der Waals surface area contributed by atoms with Gasteiger partial charge in [0.15, 0.2) is 0 Å². The molecule has 16 nitrogen and oxygen atoms in total. The molecule has 3 unspecified atom stereocenters. The molecule has 1 aromatic heterocycles. The zero-order chi connectivity index (χ0) is 50.6. The lowest BCUT2D eigenvalue weighted by atomic mass is 9.85. The van der Waals surface area contributed by atoms with Gasteiger partial charge in [0.2, 0.25) is 23.6 Å². The number of carbonyl (C=O) groups excluding carboxylic acids is 5. The molecule has 0 spiro atoms. The highest BCUT2D eigenvalue weighted by atomic mass is 16.5. The van der Waals surface area contributed by atoms with E-state index in [1.54, 1.807) is 34.1 Å². The third-order valence-electron chi connectivity index (χ3n) is 14.4. The maximum atomic E-state index is 14.8. The Morgan fingerprint density at radius 3 is 2.31 bits per heavy atom. The fourth-order valence-corrected chi connectivity index (χ4v) is 10.3. The van der Waals surface area contributed by atoms with Crippen molar-refractivity contribution in [1.29, 1.82) is 0 Å². The number of amides is 6. The van der Waals surface area contributed by atoms with Gasteiger partial charge in [0.25, 0.3) is 0 Å². The second kappa shape index (κ2) is 21.5. The van der Waals surface area contributed by atoms with Crippen LogP contribution in [0, 0.1) is 5.41 Å². The molecule has 0 saturated carbocycles. The lowest BCUT2D eigenvalue weighted by molar-refractivity contribution is -0.144. The van der Waals surface area contributed by atoms with Crippen LogP contribution in [0.4, 0.5) is 9.59 Å². The van der Waals surface area contributed by atoms with Crippen LogP contribution in [0.3, 0.4) is 0 Å². The standard InChI is InChI=1S/C55H66N8O8/c1-34(60(5)54(69)70)49(64)59-48(55(2,3)4)52(67)63-32-41(29-46(63)50(65)58-43-22-14-20-36-15-12-13-21-42(36)43)57-53(68)61-26-25-39-27-35(23-24-45(39)61)31-62(47(33-71-6)37-16-8-7-9-17-37)51(66)44-28-38-18-10-11-19-40(38)30-56-44/h7-13,15-19,21,23-27,34,41,43-44,46-48,56H,14,20,22,28-33H2,1-6H3,(H,57,68)(H,58,65)(H,59,64)(H,69,70)/t34?,41-,43+,44?,46-,47+,48?/m0/s1. The van der Waals surface area contributed by atoms with Gasteiger partial charge in [-0.15, -0.1) is 0 Å². The van der Waals surface area contributed by atoms with Crippen LogP contribution in [0.25, 0.3) is 10.9 Å². The van der Waals surface area contributed by atoms with Crippen LogP contribution in [-0.2, 0) is 49.8 Å². The smallest absolute Gasteiger partial charge is 0.407 e. The van der Waals surface area contributed by atoms with Crippen molar-refractivity contribution in [3.8, 4) is 0 Å². The number of nitrogens with zero attached hydrogens (tertiary/aromatic N) is 4. The van der Waals surface area contributed by atoms with Gasteiger partial charge in [-0.25, -0.2) is 9.59 Å². The average molecular weight is 967 g/mol. The van der Waals surface area contributed by atoms with E-state index in [0.29, 0.717) is 18.5 Å². The summed E-state index contributed by atoms with van der Waals surface area (Å²) < 4.78 is 7.23. The van der Waals surface area contributed by atoms with Crippen LogP contribution in [0.2, 0.25) is 0 Å². The molecule has 3 aliphatic rings. The normalized spacial score (nSPS) is 19.9. The first-order valence-electron chi connectivity index (χ1n) is 24.5. The number of carbonyl (C=O) groups is 6. The van der Waals surface area contributed by atoms with Crippen molar-refractivity contribution >= 4 is 46.7 Å². The number of likely N-dealkylation sites (tertiary alicyclic amines) is 1. The SMILES string of the molecule is COC[C@H](c1ccccc1)N(Cc1ccc2c(ccn2C(=O)N[C@H]2C[C@@H](C(=O)N[C@@H]3CCCc4ccccc43)N(C(=O)C(NC(=O)C(C)N(C)C(=O)O)C(C)(C)C)C2)c1)C(=O)C1Cc2ccccc2CN1. The molecule has 7 atom stereocenters. The van der Waals surface area contributed by atoms with Gasteiger partial charge in [-0.3, -0.25) is 28.6 Å². The summed E-state index contributed by atoms with van der Waals surface area (Å²) in [5, 5.41) is 22.9. The van der Waals surface area contributed by atoms with E-state index in [4.69, 9.17) is 4.74 Å². The van der Waals surface area contributed by atoms with E-state index in [-0.39, 0.29) is 50.0 Å². The van der Waals surface area contributed by atoms with Crippen LogP contribution in [0.1, 0.15) is 92.4 Å². The van der Waals surface area contributed by atoms with Crippen LogP contribution in [-0.4, -0.2) is 118 Å². The predicted octanol–water partition coefficient (Wildman–Crippen LogP) is 6.32. The van der Waals surface area contributed by atoms with E-state index in [0.717, 1.165) is 57.4 Å². The van der Waals surface area contributed by atoms with E-state index in [1.807, 2.05) is 89.8 Å². The number of benzene rings is 4. The van der Waals surface area contributed by atoms with Crippen molar-refractivity contribution in [2.24, 2.45) is 5.41 Å². The zero-order valence-corrected chi connectivity index (χ0v) is 41.4. The second-order valence-corrected chi connectivity index (χ2v) is 20.3. The molecule has 0 bridgehead atoms. The molecular weight excluding hydrogens is 901 g/mol. The van der Waals surface area contributed by atoms with Crippen LogP contribution in [0.5, 0.6) is 0 Å². The summed E-state index contributed by atoms with van der Waals surface area (Å²) in [5.74, 6) is -1.59. The Bertz CT molecular complexity index is 2770. The highest BCUT2D eigenvalue weighted by Gasteiger charge is 2.46. The molecule has 71 heavy (non-hydrogen) atoms. The molecule has 5 aromatic rings. The summed E-state index contributed by atoms with van der Waals surface area (Å²) in [7, 11) is 2.91. The Kier molecular flexibility index (Phi) is 15.3. The number of likely N-dealkylation sites (N-methyl/N-ethyl adjacent to an activating group) is 1. The van der Waals surface area contributed by atoms with Crippen LogP contribution < -0.4 is 21.3 Å². The van der Waals surface area contributed by atoms with Gasteiger partial charge in [-0.2, -0.15) is 0 Å². The summed E-state index contributed by atoms with van der Waals surface area (Å²) in [4.78, 5) is 87.6. The fourth-order valence-electron chi connectivity index (χ4n) is 10.3. The zero-order valence-electron chi connectivity index (χ0n) is 41.4. The van der Waals surface area contributed by atoms with Crippen molar-refractivity contribution in [2.45, 2.75) is 115 Å². The largest absolute Gasteiger partial charge is 0.465 e. The maximum Gasteiger partial charge on any atom is 0.407 e. The van der Waals surface area contributed by atoms with Gasteiger partial charge in [-0.1, -0.05) is 106 Å². The summed E-state index contributed by atoms with van der Waals surface area (Å²) in [6, 6.07) is 28.2. The molecule has 1 fully saturated rings. The minimum Gasteiger partial charge on any atom is -0.465 e. The number of carboxylic acid groups (broad SMARTS) is 1. The summed E-state index contributed by atoms with van der Waals surface area (Å²) in [5.41, 5.74) is 6.10. The van der Waals surface area contributed by atoms with Crippen LogP contribution in [0.15, 0.2) is 109 Å². The second-order valence-electron chi connectivity index (χ2n) is 20.3. The van der Waals surface area contributed by atoms with Crippen molar-refractivity contribution in [1.82, 2.24) is 40.5 Å². The Morgan fingerprint density at radius 2 is 1.59 bits per heavy atom. The Hall–Kier alpha value is -7.04. The lowest BCUT2D eigenvalue weighted by Crippen LogP contribution is -2.60. The lowest BCUT2D eigenvalue weighted by Gasteiger charge is -2.37. The van der Waals surface area contributed by atoms with E-state index in [9.17, 15) is 33.9 Å². The van der Waals surface area contributed by atoms with Gasteiger partial charge in [0, 0.05) is 45.4 Å². The van der Waals surface area contributed by atoms with Gasteiger partial charge in [0.05, 0.1) is 36.3 Å². The molecule has 3 heterocycles. The molecule has 0 radical (unpaired) electrons. The van der Waals surface area contributed by atoms with Gasteiger partial charge in [0.1, 0.15) is 18.1 Å². The number of methoxy groups -OCH3 is 1. The Labute approximate surface area is 415 Å². The van der Waals surface area contributed by atoms with E-state index in [1.165, 1.54) is 29.0 Å². The molecule has 16 heteroatoms. The monoisotopic (exact) mass is 967 g/mol. The molecule has 2 aliphatic heterocycles. The summed E-state index contributed by atoms with van der Waals surface area (Å²) >= 11 is 0. The van der Waals surface area contributed by atoms with Crippen molar-refractivity contribution in [3.05, 3.63) is 143 Å². The third-order valence-corrected chi connectivity index (χ3v) is 14.4. The number of rotatable bonds is 14. The molecule has 1 aliphatic carbocycles. The van der Waals surface area contributed by atoms with Crippen molar-refractivity contribution < 1.29 is 38.6 Å². The Balaban J connectivity index is 1.03. The molecule has 374 valence electrons. The summed E-state index contributed by atoms with van der Waals surface area (Å²) in [6.07, 6.45) is 3.56. The molecule has 1 saturated heterocycles. The van der Waals surface area contributed by atoms with E-state index < -0.39 is 59.6 Å². The van der Waals surface area contributed by atoms with E-state index in [2.05, 4.69) is 39.5 Å². The highest BCUT2D eigenvalue weighted by molar-refractivity contribution is 5.96. The highest BCUT2D eigenvalue weighted by Crippen LogP contribution is 2.33. The molecule has 6 amide bonds. The minimum atomic E-state index is -1.30. The number of aryl methyl sites for hydroxylation is 1. The predicted molar refractivity (Wildman–Crippen MR) is 269 cm³/mol. The van der Waals surface area contributed by atoms with Crippen molar-refractivity contribution in [3.63, 3.8) is 0 Å². The summed E-state index contributed by atoms with van der Waals surface area (Å²) in [6.45, 7) is 7.94. The Morgan fingerprint density at radius 1 is 0.887 bits per heavy atom. The van der Waals surface area contributed by atoms with Crippen molar-refractivity contribution in [2.75, 3.05) is 27.3 Å². The number of ether oxygens (including phenoxy) is 1.